The molecule has 14 heavy (non-hydrogen) atoms. The summed E-state index contributed by atoms with van der Waals surface area (Å²) in [5, 5.41) is 3.38. The zero-order chi connectivity index (χ0) is 10.4. The predicted molar refractivity (Wildman–Crippen MR) is 59.6 cm³/mol. The molecule has 1 N–H and O–H groups in total. The Morgan fingerprint density at radius 1 is 1.57 bits per heavy atom. The van der Waals surface area contributed by atoms with Gasteiger partial charge in [-0.3, -0.25) is 4.90 Å². The summed E-state index contributed by atoms with van der Waals surface area (Å²) in [5.74, 6) is 0. The summed E-state index contributed by atoms with van der Waals surface area (Å²) in [6.07, 6.45) is 1.23. The fourth-order valence-electron chi connectivity index (χ4n) is 2.05. The first-order valence-corrected chi connectivity index (χ1v) is 5.80. The van der Waals surface area contributed by atoms with Gasteiger partial charge in [0.05, 0.1) is 13.2 Å². The molecule has 1 rings (SSSR count). The van der Waals surface area contributed by atoms with E-state index < -0.39 is 0 Å². The molecule has 1 saturated heterocycles. The number of ether oxygens (including phenoxy) is 1. The summed E-state index contributed by atoms with van der Waals surface area (Å²) in [6.45, 7) is 11.8. The highest BCUT2D eigenvalue weighted by Crippen LogP contribution is 2.12. The van der Waals surface area contributed by atoms with Gasteiger partial charge in [0.25, 0.3) is 0 Å². The average Bonchev–Trinajstić information content (AvgIpc) is 2.18. The summed E-state index contributed by atoms with van der Waals surface area (Å²) in [6, 6.07) is 1.26. The molecule has 3 nitrogen and oxygen atoms in total. The standard InChI is InChI=1S/C11H24N2O/c1-4-12-6-5-10(2)13-7-8-14-9-11(13)3/h10-12H,4-9H2,1-3H3. The highest BCUT2D eigenvalue weighted by Gasteiger charge is 2.22. The fourth-order valence-corrected chi connectivity index (χ4v) is 2.05. The Morgan fingerprint density at radius 2 is 2.36 bits per heavy atom. The van der Waals surface area contributed by atoms with E-state index in [-0.39, 0.29) is 0 Å². The molecule has 1 aliphatic rings. The number of rotatable bonds is 5. The van der Waals surface area contributed by atoms with E-state index in [4.69, 9.17) is 4.74 Å². The van der Waals surface area contributed by atoms with E-state index in [1.165, 1.54) is 6.42 Å². The molecule has 2 unspecified atom stereocenters. The largest absolute Gasteiger partial charge is 0.379 e. The number of nitrogens with zero attached hydrogens (tertiary/aromatic N) is 1. The lowest BCUT2D eigenvalue weighted by molar-refractivity contribution is -0.0197. The Balaban J connectivity index is 2.23. The highest BCUT2D eigenvalue weighted by molar-refractivity contribution is 4.76. The first kappa shape index (κ1) is 12.0. The molecular formula is C11H24N2O. The van der Waals surface area contributed by atoms with Gasteiger partial charge < -0.3 is 10.1 Å². The summed E-state index contributed by atoms with van der Waals surface area (Å²) in [5.41, 5.74) is 0. The SMILES string of the molecule is CCNCCC(C)N1CCOCC1C. The highest BCUT2D eigenvalue weighted by atomic mass is 16.5. The monoisotopic (exact) mass is 200 g/mol. The van der Waals surface area contributed by atoms with Crippen LogP contribution < -0.4 is 5.32 Å². The van der Waals surface area contributed by atoms with Crippen LogP contribution in [-0.2, 0) is 4.74 Å². The molecule has 0 bridgehead atoms. The molecule has 3 heteroatoms. The Morgan fingerprint density at radius 3 is 3.00 bits per heavy atom. The lowest BCUT2D eigenvalue weighted by atomic mass is 10.1. The molecule has 0 aliphatic carbocycles. The van der Waals surface area contributed by atoms with Crippen molar-refractivity contribution in [3.63, 3.8) is 0 Å². The maximum atomic E-state index is 5.43. The van der Waals surface area contributed by atoms with Gasteiger partial charge in [0.1, 0.15) is 0 Å². The minimum atomic E-state index is 0.584. The third kappa shape index (κ3) is 3.56. The van der Waals surface area contributed by atoms with Gasteiger partial charge in [-0.15, -0.1) is 0 Å². The molecule has 84 valence electrons. The van der Waals surface area contributed by atoms with Crippen molar-refractivity contribution < 1.29 is 4.74 Å². The fraction of sp³-hybridized carbons (Fsp3) is 1.00. The lowest BCUT2D eigenvalue weighted by Gasteiger charge is -2.37. The molecule has 1 heterocycles. The van der Waals surface area contributed by atoms with Gasteiger partial charge >= 0.3 is 0 Å². The number of morpholine rings is 1. The van der Waals surface area contributed by atoms with Crippen molar-refractivity contribution >= 4 is 0 Å². The van der Waals surface area contributed by atoms with Crippen molar-refractivity contribution in [1.29, 1.82) is 0 Å². The number of hydrogen-bond acceptors (Lipinski definition) is 3. The lowest BCUT2D eigenvalue weighted by Crippen LogP contribution is -2.48. The molecule has 0 spiro atoms. The van der Waals surface area contributed by atoms with Crippen LogP contribution in [0.25, 0.3) is 0 Å². The van der Waals surface area contributed by atoms with Crippen LogP contribution in [0.15, 0.2) is 0 Å². The van der Waals surface area contributed by atoms with Crippen molar-refractivity contribution in [3.05, 3.63) is 0 Å². The van der Waals surface area contributed by atoms with Crippen LogP contribution in [0.2, 0.25) is 0 Å². The van der Waals surface area contributed by atoms with Gasteiger partial charge in [0.2, 0.25) is 0 Å². The van der Waals surface area contributed by atoms with Gasteiger partial charge in [-0.1, -0.05) is 6.92 Å². The van der Waals surface area contributed by atoms with E-state index in [1.54, 1.807) is 0 Å². The van der Waals surface area contributed by atoms with E-state index in [9.17, 15) is 0 Å². The van der Waals surface area contributed by atoms with Gasteiger partial charge in [0, 0.05) is 18.6 Å². The maximum Gasteiger partial charge on any atom is 0.0619 e. The number of hydrogen-bond donors (Lipinski definition) is 1. The Bertz CT molecular complexity index is 152. The zero-order valence-corrected chi connectivity index (χ0v) is 9.75. The molecule has 1 aliphatic heterocycles. The minimum absolute atomic E-state index is 0.584. The number of nitrogens with one attached hydrogen (secondary N) is 1. The third-order valence-corrected chi connectivity index (χ3v) is 2.97. The van der Waals surface area contributed by atoms with Crippen molar-refractivity contribution in [2.45, 2.75) is 39.3 Å². The Kier molecular flexibility index (Phi) is 5.45. The molecule has 0 amide bonds. The maximum absolute atomic E-state index is 5.43. The predicted octanol–water partition coefficient (Wildman–Crippen LogP) is 1.10. The van der Waals surface area contributed by atoms with Crippen molar-refractivity contribution in [2.75, 3.05) is 32.8 Å². The van der Waals surface area contributed by atoms with E-state index in [0.717, 1.165) is 32.8 Å². The molecule has 0 saturated carbocycles. The quantitative estimate of drug-likeness (QED) is 0.673. The zero-order valence-electron chi connectivity index (χ0n) is 9.75. The van der Waals surface area contributed by atoms with Crippen LogP contribution in [-0.4, -0.2) is 49.8 Å². The van der Waals surface area contributed by atoms with Crippen LogP contribution in [0, 0.1) is 0 Å². The summed E-state index contributed by atoms with van der Waals surface area (Å²) < 4.78 is 5.43. The minimum Gasteiger partial charge on any atom is -0.379 e. The van der Waals surface area contributed by atoms with Crippen LogP contribution in [0.1, 0.15) is 27.2 Å². The first-order valence-electron chi connectivity index (χ1n) is 5.80. The van der Waals surface area contributed by atoms with E-state index in [0.29, 0.717) is 12.1 Å². The van der Waals surface area contributed by atoms with E-state index >= 15 is 0 Å². The van der Waals surface area contributed by atoms with E-state index in [1.807, 2.05) is 0 Å². The first-order chi connectivity index (χ1) is 6.75. The van der Waals surface area contributed by atoms with Crippen molar-refractivity contribution in [1.82, 2.24) is 10.2 Å². The molecule has 0 radical (unpaired) electrons. The second-order valence-corrected chi connectivity index (χ2v) is 4.15. The van der Waals surface area contributed by atoms with Crippen molar-refractivity contribution in [2.24, 2.45) is 0 Å². The van der Waals surface area contributed by atoms with Crippen LogP contribution >= 0.6 is 0 Å². The second-order valence-electron chi connectivity index (χ2n) is 4.15. The third-order valence-electron chi connectivity index (χ3n) is 2.97. The van der Waals surface area contributed by atoms with Gasteiger partial charge in [-0.25, -0.2) is 0 Å². The van der Waals surface area contributed by atoms with Crippen LogP contribution in [0.4, 0.5) is 0 Å². The summed E-state index contributed by atoms with van der Waals surface area (Å²) >= 11 is 0. The molecule has 0 aromatic carbocycles. The van der Waals surface area contributed by atoms with Crippen LogP contribution in [0.5, 0.6) is 0 Å². The normalized spacial score (nSPS) is 26.4. The summed E-state index contributed by atoms with van der Waals surface area (Å²) in [7, 11) is 0. The smallest absolute Gasteiger partial charge is 0.0619 e. The van der Waals surface area contributed by atoms with Gasteiger partial charge in [-0.2, -0.15) is 0 Å². The topological polar surface area (TPSA) is 24.5 Å². The molecule has 0 aromatic heterocycles. The van der Waals surface area contributed by atoms with Gasteiger partial charge in [-0.05, 0) is 33.4 Å². The molecule has 0 aromatic rings. The molecular weight excluding hydrogens is 176 g/mol. The Hall–Kier alpha value is -0.120. The van der Waals surface area contributed by atoms with Crippen molar-refractivity contribution in [3.8, 4) is 0 Å². The van der Waals surface area contributed by atoms with Gasteiger partial charge in [0.15, 0.2) is 0 Å². The van der Waals surface area contributed by atoms with E-state index in [2.05, 4.69) is 31.0 Å². The van der Waals surface area contributed by atoms with Crippen LogP contribution in [0.3, 0.4) is 0 Å². The molecule has 1 fully saturated rings. The Labute approximate surface area is 87.8 Å². The average molecular weight is 200 g/mol. The second kappa shape index (κ2) is 6.38. The summed E-state index contributed by atoms with van der Waals surface area (Å²) in [4.78, 5) is 2.56. The molecule has 2 atom stereocenters.